The zero-order valence-electron chi connectivity index (χ0n) is 9.79. The summed E-state index contributed by atoms with van der Waals surface area (Å²) in [6.45, 7) is 4.11. The number of hydrogen-bond acceptors (Lipinski definition) is 3. The van der Waals surface area contributed by atoms with Crippen molar-refractivity contribution in [2.75, 3.05) is 6.61 Å². The number of phosphoric ester groups is 1. The molecule has 0 radical (unpaired) electrons. The first kappa shape index (κ1) is 14.4. The van der Waals surface area contributed by atoms with Gasteiger partial charge in [0.25, 0.3) is 0 Å². The van der Waals surface area contributed by atoms with Crippen LogP contribution >= 0.6 is 7.82 Å². The van der Waals surface area contributed by atoms with Gasteiger partial charge in [0.1, 0.15) is 6.10 Å². The topological polar surface area (TPSA) is 87.3 Å². The van der Waals surface area contributed by atoms with Crippen LogP contribution in [-0.4, -0.2) is 17.0 Å². The van der Waals surface area contributed by atoms with Gasteiger partial charge < -0.3 is 10.4 Å². The van der Waals surface area contributed by atoms with Crippen molar-refractivity contribution >= 4 is 7.82 Å². The summed E-state index contributed by atoms with van der Waals surface area (Å²) in [6.07, 6.45) is -0.418. The molecule has 3 N–H and O–H groups in total. The van der Waals surface area contributed by atoms with Crippen molar-refractivity contribution in [2.24, 2.45) is 5.41 Å². The molecule has 1 fully saturated rings. The van der Waals surface area contributed by atoms with Gasteiger partial charge in [0.2, 0.25) is 0 Å². The van der Waals surface area contributed by atoms with Gasteiger partial charge in [-0.2, -0.15) is 0 Å². The van der Waals surface area contributed by atoms with Crippen molar-refractivity contribution in [3.05, 3.63) is 35.9 Å². The number of phosphoric acid groups is 1. The van der Waals surface area contributed by atoms with E-state index in [0.717, 1.165) is 5.56 Å². The maximum absolute atomic E-state index is 11.4. The molecule has 0 aromatic heterocycles. The van der Waals surface area contributed by atoms with E-state index >= 15 is 0 Å². The van der Waals surface area contributed by atoms with Crippen molar-refractivity contribution < 1.29 is 24.0 Å². The first-order valence-electron chi connectivity index (χ1n) is 5.11. The molecule has 0 aliphatic carbocycles. The summed E-state index contributed by atoms with van der Waals surface area (Å²) in [5.74, 6) is 0. The van der Waals surface area contributed by atoms with Crippen LogP contribution in [0.5, 0.6) is 0 Å². The van der Waals surface area contributed by atoms with E-state index in [0.29, 0.717) is 0 Å². The Hall–Kier alpha value is -0.710. The highest BCUT2D eigenvalue weighted by Crippen LogP contribution is 2.57. The van der Waals surface area contributed by atoms with E-state index in [-0.39, 0.29) is 17.5 Å². The average Bonchev–Trinajstić information content (AvgIpc) is 2.24. The van der Waals surface area contributed by atoms with Gasteiger partial charge in [0, 0.05) is 5.41 Å². The third kappa shape index (κ3) is 3.15. The van der Waals surface area contributed by atoms with Crippen molar-refractivity contribution in [1.82, 2.24) is 0 Å². The van der Waals surface area contributed by atoms with Gasteiger partial charge in [0.15, 0.2) is 0 Å². The van der Waals surface area contributed by atoms with E-state index in [4.69, 9.17) is 9.05 Å². The monoisotopic (exact) mass is 260 g/mol. The lowest BCUT2D eigenvalue weighted by Gasteiger charge is -2.39. The normalized spacial score (nSPS) is 31.6. The molecule has 0 saturated carbocycles. The molecule has 1 heterocycles. The van der Waals surface area contributed by atoms with Gasteiger partial charge in [-0.15, -0.1) is 0 Å². The van der Waals surface area contributed by atoms with Gasteiger partial charge in [-0.1, -0.05) is 44.2 Å². The summed E-state index contributed by atoms with van der Waals surface area (Å²) >= 11 is 0. The first-order chi connectivity index (χ1) is 7.41. The molecule has 17 heavy (non-hydrogen) atoms. The molecule has 0 spiro atoms. The summed E-state index contributed by atoms with van der Waals surface area (Å²) in [5, 5.41) is 0. The molecule has 1 aliphatic heterocycles. The van der Waals surface area contributed by atoms with Gasteiger partial charge in [-0.3, -0.25) is 9.05 Å². The molecular weight excluding hydrogens is 243 g/mol. The predicted octanol–water partition coefficient (Wildman–Crippen LogP) is 2.08. The summed E-state index contributed by atoms with van der Waals surface area (Å²) in [7, 11) is -3.89. The first-order valence-corrected chi connectivity index (χ1v) is 6.61. The molecule has 1 saturated heterocycles. The summed E-state index contributed by atoms with van der Waals surface area (Å²) < 4.78 is 21.4. The maximum atomic E-state index is 11.4. The minimum Gasteiger partial charge on any atom is -0.412 e. The molecule has 2 rings (SSSR count). The molecule has 1 aliphatic rings. The number of hydrogen-bond donors (Lipinski definition) is 1. The minimum atomic E-state index is -3.89. The van der Waals surface area contributed by atoms with Crippen LogP contribution < -0.4 is 0 Å². The van der Waals surface area contributed by atoms with Crippen molar-refractivity contribution in [1.29, 1.82) is 0 Å². The van der Waals surface area contributed by atoms with E-state index in [2.05, 4.69) is 0 Å². The van der Waals surface area contributed by atoms with E-state index in [1.165, 1.54) is 0 Å². The van der Waals surface area contributed by atoms with E-state index in [9.17, 15) is 9.46 Å². The maximum Gasteiger partial charge on any atom is 0.472 e. The van der Waals surface area contributed by atoms with Gasteiger partial charge in [-0.25, -0.2) is 4.57 Å². The second kappa shape index (κ2) is 4.88. The van der Waals surface area contributed by atoms with Crippen LogP contribution in [0.25, 0.3) is 0 Å². The Labute approximate surface area is 100 Å². The van der Waals surface area contributed by atoms with E-state index < -0.39 is 13.9 Å². The van der Waals surface area contributed by atoms with Crippen LogP contribution in [0.1, 0.15) is 25.5 Å². The van der Waals surface area contributed by atoms with Crippen molar-refractivity contribution in [3.63, 3.8) is 0 Å². The Bertz CT molecular complexity index is 417. The third-order valence-corrected chi connectivity index (χ3v) is 3.58. The van der Waals surface area contributed by atoms with Crippen LogP contribution in [0.2, 0.25) is 0 Å². The average molecular weight is 260 g/mol. The molecule has 5 nitrogen and oxygen atoms in total. The van der Waals surface area contributed by atoms with E-state index in [1.807, 2.05) is 44.2 Å². The van der Waals surface area contributed by atoms with Crippen LogP contribution in [0.4, 0.5) is 0 Å². The highest BCUT2D eigenvalue weighted by molar-refractivity contribution is 7.47. The molecular formula is C11H17O5P. The Morgan fingerprint density at radius 2 is 1.94 bits per heavy atom. The van der Waals surface area contributed by atoms with Crippen molar-refractivity contribution in [2.45, 2.75) is 20.0 Å². The fourth-order valence-electron chi connectivity index (χ4n) is 1.77. The van der Waals surface area contributed by atoms with Gasteiger partial charge in [-0.05, 0) is 5.56 Å². The molecule has 0 bridgehead atoms. The minimum absolute atomic E-state index is 0. The Balaban J connectivity index is 0.00000144. The highest BCUT2D eigenvalue weighted by Gasteiger charge is 2.44. The largest absolute Gasteiger partial charge is 0.472 e. The third-order valence-electron chi connectivity index (χ3n) is 2.65. The van der Waals surface area contributed by atoms with Crippen LogP contribution in [-0.2, 0) is 13.6 Å². The second-order valence-electron chi connectivity index (χ2n) is 4.63. The van der Waals surface area contributed by atoms with Gasteiger partial charge >= 0.3 is 7.82 Å². The molecule has 96 valence electrons. The molecule has 6 heteroatoms. The molecule has 0 amide bonds. The van der Waals surface area contributed by atoms with E-state index in [1.54, 1.807) is 0 Å². The lowest BCUT2D eigenvalue weighted by Crippen LogP contribution is -2.33. The zero-order chi connectivity index (χ0) is 11.8. The molecule has 1 aromatic rings. The summed E-state index contributed by atoms with van der Waals surface area (Å²) in [6, 6.07) is 9.43. The molecule has 2 atom stereocenters. The fraction of sp³-hybridized carbons (Fsp3) is 0.455. The summed E-state index contributed by atoms with van der Waals surface area (Å²) in [4.78, 5) is 9.35. The van der Waals surface area contributed by atoms with Gasteiger partial charge in [0.05, 0.1) is 6.61 Å². The van der Waals surface area contributed by atoms with Crippen LogP contribution in [0.3, 0.4) is 0 Å². The lowest BCUT2D eigenvalue weighted by atomic mass is 9.83. The predicted molar refractivity (Wildman–Crippen MR) is 63.4 cm³/mol. The summed E-state index contributed by atoms with van der Waals surface area (Å²) in [5.41, 5.74) is 0.572. The smallest absolute Gasteiger partial charge is 0.412 e. The molecule has 2 unspecified atom stereocenters. The highest BCUT2D eigenvalue weighted by atomic mass is 31.2. The number of rotatable bonds is 1. The number of benzene rings is 1. The zero-order valence-corrected chi connectivity index (χ0v) is 10.7. The Morgan fingerprint density at radius 1 is 1.35 bits per heavy atom. The van der Waals surface area contributed by atoms with Crippen LogP contribution in [0, 0.1) is 5.41 Å². The molecule has 1 aromatic carbocycles. The standard InChI is InChI=1S/C11H15O4P.H2O/c1-11(2)8-14-16(12,13)15-10(11)9-6-4-3-5-7-9;/h3-7,10H,8H2,1-2H3,(H,12,13);1H2. The quantitative estimate of drug-likeness (QED) is 0.783. The second-order valence-corrected chi connectivity index (χ2v) is 6.03. The Morgan fingerprint density at radius 3 is 2.53 bits per heavy atom. The van der Waals surface area contributed by atoms with Crippen molar-refractivity contribution in [3.8, 4) is 0 Å². The SMILES string of the molecule is CC1(C)COP(=O)(O)OC1c1ccccc1.O. The Kier molecular flexibility index (Phi) is 4.12. The van der Waals surface area contributed by atoms with Crippen LogP contribution in [0.15, 0.2) is 30.3 Å². The lowest BCUT2D eigenvalue weighted by molar-refractivity contribution is -0.0472. The fourth-order valence-corrected chi connectivity index (χ4v) is 3.00.